The molecule has 1 amide bonds. The van der Waals surface area contributed by atoms with E-state index in [9.17, 15) is 4.79 Å². The normalized spacial score (nSPS) is 15.3. The lowest BCUT2D eigenvalue weighted by atomic mass is 9.95. The van der Waals surface area contributed by atoms with Crippen molar-refractivity contribution < 1.29 is 9.32 Å². The van der Waals surface area contributed by atoms with E-state index in [1.807, 2.05) is 44.2 Å². The number of aryl methyl sites for hydroxylation is 2. The lowest BCUT2D eigenvalue weighted by molar-refractivity contribution is -0.121. The van der Waals surface area contributed by atoms with Crippen LogP contribution in [0.1, 0.15) is 35.4 Å². The largest absolute Gasteiger partial charge is 0.338 e. The molecule has 0 atom stereocenters. The molecule has 3 aromatic rings. The smallest absolute Gasteiger partial charge is 0.241 e. The number of carbonyl (C=O) groups excluding carboxylic acids is 1. The van der Waals surface area contributed by atoms with E-state index >= 15 is 0 Å². The summed E-state index contributed by atoms with van der Waals surface area (Å²) in [6.07, 6.45) is 1.66. The standard InChI is InChI=1S/C24H28N4O2/c1-16-6-4-8-20(14-16)23-26-22(30-27-23)15-28-12-10-19(11-13-28)24(29)25-21-9-5-7-17(2)18(21)3/h4-9,14,19H,10-13,15H2,1-3H3,(H,25,29). The van der Waals surface area contributed by atoms with E-state index in [1.54, 1.807) is 0 Å². The molecular formula is C24H28N4O2. The molecule has 0 saturated carbocycles. The third-order valence-corrected chi connectivity index (χ3v) is 5.92. The first-order chi connectivity index (χ1) is 14.5. The Balaban J connectivity index is 1.31. The summed E-state index contributed by atoms with van der Waals surface area (Å²) in [5.41, 5.74) is 5.36. The highest BCUT2D eigenvalue weighted by Gasteiger charge is 2.26. The molecule has 30 heavy (non-hydrogen) atoms. The lowest BCUT2D eigenvalue weighted by Gasteiger charge is -2.30. The van der Waals surface area contributed by atoms with Gasteiger partial charge < -0.3 is 9.84 Å². The van der Waals surface area contributed by atoms with Crippen LogP contribution >= 0.6 is 0 Å². The zero-order chi connectivity index (χ0) is 21.1. The first-order valence-corrected chi connectivity index (χ1v) is 10.5. The van der Waals surface area contributed by atoms with Crippen LogP contribution in [0.4, 0.5) is 5.69 Å². The minimum Gasteiger partial charge on any atom is -0.338 e. The fraction of sp³-hybridized carbons (Fsp3) is 0.375. The maximum atomic E-state index is 12.7. The molecule has 0 spiro atoms. The molecule has 1 N–H and O–H groups in total. The predicted molar refractivity (Wildman–Crippen MR) is 117 cm³/mol. The lowest BCUT2D eigenvalue weighted by Crippen LogP contribution is -2.37. The number of amides is 1. The number of hydrogen-bond acceptors (Lipinski definition) is 5. The third kappa shape index (κ3) is 4.60. The van der Waals surface area contributed by atoms with E-state index in [0.717, 1.165) is 42.7 Å². The first-order valence-electron chi connectivity index (χ1n) is 10.5. The molecule has 0 radical (unpaired) electrons. The number of aromatic nitrogens is 2. The van der Waals surface area contributed by atoms with E-state index in [2.05, 4.69) is 39.4 Å². The van der Waals surface area contributed by atoms with Gasteiger partial charge >= 0.3 is 0 Å². The van der Waals surface area contributed by atoms with Gasteiger partial charge in [0.05, 0.1) is 6.54 Å². The van der Waals surface area contributed by atoms with E-state index in [1.165, 1.54) is 11.1 Å². The molecule has 156 valence electrons. The van der Waals surface area contributed by atoms with E-state index < -0.39 is 0 Å². The fourth-order valence-electron chi connectivity index (χ4n) is 3.89. The second-order valence-electron chi connectivity index (χ2n) is 8.17. The second kappa shape index (κ2) is 8.79. The van der Waals surface area contributed by atoms with Crippen LogP contribution in [0.5, 0.6) is 0 Å². The van der Waals surface area contributed by atoms with E-state index in [0.29, 0.717) is 18.3 Å². The second-order valence-corrected chi connectivity index (χ2v) is 8.17. The summed E-state index contributed by atoms with van der Waals surface area (Å²) >= 11 is 0. The summed E-state index contributed by atoms with van der Waals surface area (Å²) in [7, 11) is 0. The molecule has 0 unspecified atom stereocenters. The summed E-state index contributed by atoms with van der Waals surface area (Å²) < 4.78 is 5.46. The van der Waals surface area contributed by atoms with Gasteiger partial charge in [-0.25, -0.2) is 0 Å². The Labute approximate surface area is 177 Å². The molecule has 4 rings (SSSR count). The maximum absolute atomic E-state index is 12.7. The van der Waals surface area contributed by atoms with Crippen molar-refractivity contribution in [2.24, 2.45) is 5.92 Å². The Hall–Kier alpha value is -2.99. The van der Waals surface area contributed by atoms with Crippen LogP contribution in [-0.4, -0.2) is 34.0 Å². The molecule has 2 aromatic carbocycles. The third-order valence-electron chi connectivity index (χ3n) is 5.92. The SMILES string of the molecule is Cc1cccc(-c2noc(CN3CCC(C(=O)Nc4cccc(C)c4C)CC3)n2)c1. The van der Waals surface area contributed by atoms with Crippen LogP contribution in [0, 0.1) is 26.7 Å². The number of hydrogen-bond donors (Lipinski definition) is 1. The van der Waals surface area contributed by atoms with Crippen molar-refractivity contribution >= 4 is 11.6 Å². The van der Waals surface area contributed by atoms with Gasteiger partial charge in [-0.3, -0.25) is 9.69 Å². The van der Waals surface area contributed by atoms with Crippen LogP contribution in [0.2, 0.25) is 0 Å². The molecule has 1 fully saturated rings. The highest BCUT2D eigenvalue weighted by atomic mass is 16.5. The Morgan fingerprint density at radius 3 is 2.67 bits per heavy atom. The number of likely N-dealkylation sites (tertiary alicyclic amines) is 1. The molecule has 0 bridgehead atoms. The quantitative estimate of drug-likeness (QED) is 0.677. The van der Waals surface area contributed by atoms with Crippen molar-refractivity contribution in [3.63, 3.8) is 0 Å². The van der Waals surface area contributed by atoms with Gasteiger partial charge in [0, 0.05) is 17.2 Å². The van der Waals surface area contributed by atoms with Gasteiger partial charge in [0.1, 0.15) is 0 Å². The van der Waals surface area contributed by atoms with E-state index in [4.69, 9.17) is 4.52 Å². The highest BCUT2D eigenvalue weighted by molar-refractivity contribution is 5.93. The van der Waals surface area contributed by atoms with Crippen LogP contribution in [0.15, 0.2) is 47.0 Å². The minimum atomic E-state index is 0.0340. The van der Waals surface area contributed by atoms with Crippen LogP contribution < -0.4 is 5.32 Å². The molecule has 6 heteroatoms. The Kier molecular flexibility index (Phi) is 5.95. The number of nitrogens with zero attached hydrogens (tertiary/aromatic N) is 3. The van der Waals surface area contributed by atoms with Gasteiger partial charge in [-0.05, 0) is 70.0 Å². The van der Waals surface area contributed by atoms with Gasteiger partial charge in [0.2, 0.25) is 17.6 Å². The molecular weight excluding hydrogens is 376 g/mol. The average Bonchev–Trinajstić information content (AvgIpc) is 3.20. The molecule has 6 nitrogen and oxygen atoms in total. The van der Waals surface area contributed by atoms with Crippen molar-refractivity contribution in [3.05, 3.63) is 65.0 Å². The van der Waals surface area contributed by atoms with Gasteiger partial charge in [0.25, 0.3) is 0 Å². The van der Waals surface area contributed by atoms with Crippen molar-refractivity contribution in [2.45, 2.75) is 40.2 Å². The van der Waals surface area contributed by atoms with Crippen molar-refractivity contribution in [1.82, 2.24) is 15.0 Å². The van der Waals surface area contributed by atoms with E-state index in [-0.39, 0.29) is 11.8 Å². The topological polar surface area (TPSA) is 71.3 Å². The number of nitrogens with one attached hydrogen (secondary N) is 1. The number of anilines is 1. The van der Waals surface area contributed by atoms with Crippen molar-refractivity contribution in [3.8, 4) is 11.4 Å². The predicted octanol–water partition coefficient (Wildman–Crippen LogP) is 4.51. The van der Waals surface area contributed by atoms with Gasteiger partial charge in [-0.1, -0.05) is 41.1 Å². The van der Waals surface area contributed by atoms with Crippen molar-refractivity contribution in [1.29, 1.82) is 0 Å². The molecule has 1 saturated heterocycles. The maximum Gasteiger partial charge on any atom is 0.241 e. The van der Waals surface area contributed by atoms with Gasteiger partial charge in [-0.2, -0.15) is 4.98 Å². The van der Waals surface area contributed by atoms with Crippen LogP contribution in [0.3, 0.4) is 0 Å². The average molecular weight is 405 g/mol. The van der Waals surface area contributed by atoms with Crippen LogP contribution in [0.25, 0.3) is 11.4 Å². The summed E-state index contributed by atoms with van der Waals surface area (Å²) in [5, 5.41) is 7.23. The monoisotopic (exact) mass is 404 g/mol. The van der Waals surface area contributed by atoms with Crippen molar-refractivity contribution in [2.75, 3.05) is 18.4 Å². The highest BCUT2D eigenvalue weighted by Crippen LogP contribution is 2.24. The molecule has 0 aliphatic carbocycles. The number of carbonyl (C=O) groups is 1. The summed E-state index contributed by atoms with van der Waals surface area (Å²) in [4.78, 5) is 19.5. The minimum absolute atomic E-state index is 0.0340. The molecule has 1 aliphatic heterocycles. The zero-order valence-corrected chi connectivity index (χ0v) is 17.8. The number of piperidine rings is 1. The Morgan fingerprint density at radius 1 is 1.13 bits per heavy atom. The molecule has 1 aliphatic rings. The first kappa shape index (κ1) is 20.3. The Bertz CT molecular complexity index is 1040. The fourth-order valence-corrected chi connectivity index (χ4v) is 3.89. The summed E-state index contributed by atoms with van der Waals surface area (Å²) in [6.45, 7) is 8.45. The summed E-state index contributed by atoms with van der Waals surface area (Å²) in [5.74, 6) is 1.39. The molecule has 2 heterocycles. The Morgan fingerprint density at radius 2 is 1.90 bits per heavy atom. The number of rotatable bonds is 5. The molecule has 1 aromatic heterocycles. The summed E-state index contributed by atoms with van der Waals surface area (Å²) in [6, 6.07) is 14.1. The van der Waals surface area contributed by atoms with Crippen LogP contribution in [-0.2, 0) is 11.3 Å². The number of benzene rings is 2. The zero-order valence-electron chi connectivity index (χ0n) is 17.8. The van der Waals surface area contributed by atoms with Gasteiger partial charge in [-0.15, -0.1) is 0 Å². The van der Waals surface area contributed by atoms with Gasteiger partial charge in [0.15, 0.2) is 0 Å².